The van der Waals surface area contributed by atoms with Gasteiger partial charge in [-0.3, -0.25) is 0 Å². The molecule has 0 aliphatic rings. The second-order valence-corrected chi connectivity index (χ2v) is 9.34. The number of benzene rings is 2. The van der Waals surface area contributed by atoms with E-state index < -0.39 is 15.6 Å². The molecule has 0 atom stereocenters. The van der Waals surface area contributed by atoms with Crippen LogP contribution in [0.1, 0.15) is 24.4 Å². The van der Waals surface area contributed by atoms with Crippen molar-refractivity contribution in [3.63, 3.8) is 0 Å². The van der Waals surface area contributed by atoms with E-state index in [0.29, 0.717) is 0 Å². The topological polar surface area (TPSA) is 79.3 Å². The molecule has 1 aromatic heterocycles. The van der Waals surface area contributed by atoms with Crippen LogP contribution in [0.2, 0.25) is 0 Å². The Morgan fingerprint density at radius 1 is 1.16 bits per heavy atom. The molecule has 3 rings (SSSR count). The van der Waals surface area contributed by atoms with Gasteiger partial charge in [-0.25, -0.2) is 18.1 Å². The summed E-state index contributed by atoms with van der Waals surface area (Å²) in [6, 6.07) is 14.9. The third-order valence-electron chi connectivity index (χ3n) is 3.72. The zero-order valence-electron chi connectivity index (χ0n) is 14.1. The third kappa shape index (κ3) is 4.24. The van der Waals surface area contributed by atoms with E-state index in [0.717, 1.165) is 21.6 Å². The molecule has 0 fully saturated rings. The lowest BCUT2D eigenvalue weighted by Gasteiger charge is -2.23. The lowest BCUT2D eigenvalue weighted by Crippen LogP contribution is -2.46. The molecule has 0 saturated carbocycles. The van der Waals surface area contributed by atoms with E-state index in [1.807, 2.05) is 30.3 Å². The summed E-state index contributed by atoms with van der Waals surface area (Å²) in [7, 11) is -3.70. The van der Waals surface area contributed by atoms with Crippen molar-refractivity contribution >= 4 is 31.6 Å². The van der Waals surface area contributed by atoms with Crippen molar-refractivity contribution < 1.29 is 13.5 Å². The first kappa shape index (κ1) is 18.0. The zero-order chi connectivity index (χ0) is 18.1. The minimum absolute atomic E-state index is 0.177. The summed E-state index contributed by atoms with van der Waals surface area (Å²) in [5.74, 6) is 0. The summed E-state index contributed by atoms with van der Waals surface area (Å²) < 4.78 is 28.4. The summed E-state index contributed by atoms with van der Waals surface area (Å²) >= 11 is 1.49. The van der Waals surface area contributed by atoms with Crippen LogP contribution in [0.25, 0.3) is 10.2 Å². The Bertz CT molecular complexity index is 980. The predicted molar refractivity (Wildman–Crippen MR) is 100 cm³/mol. The van der Waals surface area contributed by atoms with Gasteiger partial charge in [0, 0.05) is 6.42 Å². The molecule has 25 heavy (non-hydrogen) atoms. The third-order valence-corrected chi connectivity index (χ3v) is 6.43. The number of nitrogens with one attached hydrogen (secondary N) is 1. The molecule has 0 aliphatic heterocycles. The van der Waals surface area contributed by atoms with Gasteiger partial charge in [0.1, 0.15) is 0 Å². The zero-order valence-corrected chi connectivity index (χ0v) is 15.7. The van der Waals surface area contributed by atoms with Crippen molar-refractivity contribution in [1.82, 2.24) is 9.71 Å². The van der Waals surface area contributed by atoms with E-state index in [2.05, 4.69) is 9.71 Å². The highest BCUT2D eigenvalue weighted by Crippen LogP contribution is 2.27. The fourth-order valence-electron chi connectivity index (χ4n) is 2.42. The molecule has 0 amide bonds. The molecule has 0 radical (unpaired) electrons. The van der Waals surface area contributed by atoms with Crippen LogP contribution in [-0.2, 0) is 16.4 Å². The van der Waals surface area contributed by atoms with Crippen LogP contribution >= 0.6 is 11.3 Å². The Balaban J connectivity index is 1.90. The lowest BCUT2D eigenvalue weighted by molar-refractivity contribution is 0.208. The molecule has 2 aromatic carbocycles. The number of aliphatic hydroxyl groups is 1. The fraction of sp³-hybridized carbons (Fsp3) is 0.278. The quantitative estimate of drug-likeness (QED) is 0.693. The minimum Gasteiger partial charge on any atom is -0.394 e. The normalized spacial score (nSPS) is 12.6. The highest BCUT2D eigenvalue weighted by Gasteiger charge is 2.25. The Morgan fingerprint density at radius 3 is 2.56 bits per heavy atom. The summed E-state index contributed by atoms with van der Waals surface area (Å²) in [4.78, 5) is 4.76. The van der Waals surface area contributed by atoms with Crippen molar-refractivity contribution in [3.05, 3.63) is 59.1 Å². The summed E-state index contributed by atoms with van der Waals surface area (Å²) in [6.07, 6.45) is 0.720. The van der Waals surface area contributed by atoms with Crippen molar-refractivity contribution in [2.75, 3.05) is 6.61 Å². The number of hydrogen-bond acceptors (Lipinski definition) is 5. The number of fused-ring (bicyclic) bond motifs is 1. The molecular formula is C18H20N2O3S2. The largest absolute Gasteiger partial charge is 0.394 e. The van der Waals surface area contributed by atoms with Crippen LogP contribution in [0, 0.1) is 0 Å². The van der Waals surface area contributed by atoms with Gasteiger partial charge in [-0.15, -0.1) is 11.3 Å². The average Bonchev–Trinajstić information content (AvgIpc) is 2.96. The van der Waals surface area contributed by atoms with Crippen LogP contribution in [0.3, 0.4) is 0 Å². The van der Waals surface area contributed by atoms with E-state index in [9.17, 15) is 13.5 Å². The van der Waals surface area contributed by atoms with Crippen LogP contribution in [0.15, 0.2) is 53.4 Å². The minimum atomic E-state index is -3.70. The molecule has 0 unspecified atom stereocenters. The molecule has 7 heteroatoms. The first-order valence-electron chi connectivity index (χ1n) is 7.87. The SMILES string of the molecule is CC(C)(CO)NS(=O)(=O)c1ccc2nc(Cc3ccccc3)sc2c1. The Kier molecular flexibility index (Phi) is 4.92. The summed E-state index contributed by atoms with van der Waals surface area (Å²) in [5.41, 5.74) is 1.04. The first-order valence-corrected chi connectivity index (χ1v) is 10.2. The number of aliphatic hydroxyl groups excluding tert-OH is 1. The van der Waals surface area contributed by atoms with Crippen LogP contribution < -0.4 is 4.72 Å². The van der Waals surface area contributed by atoms with Crippen molar-refractivity contribution in [2.45, 2.75) is 30.7 Å². The fourth-order valence-corrected chi connectivity index (χ4v) is 4.97. The van der Waals surface area contributed by atoms with Crippen LogP contribution in [0.5, 0.6) is 0 Å². The second kappa shape index (κ2) is 6.84. The number of thiazole rings is 1. The summed E-state index contributed by atoms with van der Waals surface area (Å²) in [5, 5.41) is 10.2. The van der Waals surface area contributed by atoms with Crippen molar-refractivity contribution in [2.24, 2.45) is 0 Å². The molecule has 1 heterocycles. The van der Waals surface area contributed by atoms with Crippen molar-refractivity contribution in [3.8, 4) is 0 Å². The van der Waals surface area contributed by atoms with Gasteiger partial charge in [-0.05, 0) is 37.6 Å². The standard InChI is InChI=1S/C18H20N2O3S2/c1-18(2,12-21)20-25(22,23)14-8-9-15-16(11-14)24-17(19-15)10-13-6-4-3-5-7-13/h3-9,11,20-21H,10,12H2,1-2H3. The van der Waals surface area contributed by atoms with E-state index in [1.165, 1.54) is 16.9 Å². The monoisotopic (exact) mass is 376 g/mol. The van der Waals surface area contributed by atoms with E-state index in [4.69, 9.17) is 0 Å². The van der Waals surface area contributed by atoms with Gasteiger partial charge in [0.05, 0.1) is 32.3 Å². The molecule has 5 nitrogen and oxygen atoms in total. The number of hydrogen-bond donors (Lipinski definition) is 2. The molecule has 0 spiro atoms. The van der Waals surface area contributed by atoms with Gasteiger partial charge < -0.3 is 5.11 Å². The number of sulfonamides is 1. The van der Waals surface area contributed by atoms with Gasteiger partial charge in [0.2, 0.25) is 10.0 Å². The van der Waals surface area contributed by atoms with Gasteiger partial charge >= 0.3 is 0 Å². The maximum atomic E-state index is 12.5. The van der Waals surface area contributed by atoms with Gasteiger partial charge in [-0.1, -0.05) is 30.3 Å². The smallest absolute Gasteiger partial charge is 0.241 e. The molecule has 2 N–H and O–H groups in total. The maximum absolute atomic E-state index is 12.5. The molecule has 0 aliphatic carbocycles. The molecule has 3 aromatic rings. The molecule has 0 bridgehead atoms. The van der Waals surface area contributed by atoms with Gasteiger partial charge in [0.15, 0.2) is 0 Å². The molecule has 132 valence electrons. The number of nitrogens with zero attached hydrogens (tertiary/aromatic N) is 1. The van der Waals surface area contributed by atoms with E-state index in [1.54, 1.807) is 32.0 Å². The lowest BCUT2D eigenvalue weighted by atomic mass is 10.1. The number of rotatable bonds is 6. The Labute approximate surface area is 151 Å². The molecule has 0 saturated heterocycles. The van der Waals surface area contributed by atoms with Gasteiger partial charge in [0.25, 0.3) is 0 Å². The predicted octanol–water partition coefficient (Wildman–Crippen LogP) is 2.94. The van der Waals surface area contributed by atoms with E-state index >= 15 is 0 Å². The molecular weight excluding hydrogens is 356 g/mol. The Hall–Kier alpha value is -1.80. The highest BCUT2D eigenvalue weighted by atomic mass is 32.2. The van der Waals surface area contributed by atoms with Crippen molar-refractivity contribution in [1.29, 1.82) is 0 Å². The Morgan fingerprint density at radius 2 is 1.88 bits per heavy atom. The summed E-state index contributed by atoms with van der Waals surface area (Å²) in [6.45, 7) is 2.98. The van der Waals surface area contributed by atoms with Gasteiger partial charge in [-0.2, -0.15) is 0 Å². The van der Waals surface area contributed by atoms with Crippen LogP contribution in [-0.4, -0.2) is 30.7 Å². The average molecular weight is 377 g/mol. The maximum Gasteiger partial charge on any atom is 0.241 e. The van der Waals surface area contributed by atoms with Crippen LogP contribution in [0.4, 0.5) is 0 Å². The highest BCUT2D eigenvalue weighted by molar-refractivity contribution is 7.89. The first-order chi connectivity index (χ1) is 11.8. The van der Waals surface area contributed by atoms with E-state index in [-0.39, 0.29) is 11.5 Å². The second-order valence-electron chi connectivity index (χ2n) is 6.55. The number of aromatic nitrogens is 1.